The average molecular weight is 544 g/mol. The van der Waals surface area contributed by atoms with Crippen LogP contribution in [0.5, 0.6) is 5.75 Å². The second-order valence-corrected chi connectivity index (χ2v) is 12.0. The van der Waals surface area contributed by atoms with Crippen LogP contribution in [0.3, 0.4) is 0 Å². The minimum atomic E-state index is -3.57. The highest BCUT2D eigenvalue weighted by Gasteiger charge is 2.28. The summed E-state index contributed by atoms with van der Waals surface area (Å²) < 4.78 is 31.6. The molecule has 1 atom stereocenters. The van der Waals surface area contributed by atoms with E-state index in [1.54, 1.807) is 36.1 Å². The molecule has 1 aliphatic carbocycles. The Morgan fingerprint density at radius 3 is 2.45 bits per heavy atom. The summed E-state index contributed by atoms with van der Waals surface area (Å²) >= 11 is 0. The lowest BCUT2D eigenvalue weighted by molar-refractivity contribution is -0.141. The zero-order chi connectivity index (χ0) is 27.7. The van der Waals surface area contributed by atoms with Crippen molar-refractivity contribution in [2.45, 2.75) is 77.4 Å². The maximum absolute atomic E-state index is 13.5. The summed E-state index contributed by atoms with van der Waals surface area (Å²) in [6.45, 7) is 4.21. The van der Waals surface area contributed by atoms with Crippen molar-refractivity contribution < 1.29 is 22.7 Å². The zero-order valence-electron chi connectivity index (χ0n) is 23.0. The summed E-state index contributed by atoms with van der Waals surface area (Å²) in [6, 6.07) is 14.2. The Morgan fingerprint density at radius 1 is 1.08 bits per heavy atom. The van der Waals surface area contributed by atoms with Crippen LogP contribution in [0.1, 0.15) is 63.0 Å². The predicted octanol–water partition coefficient (Wildman–Crippen LogP) is 4.42. The second kappa shape index (κ2) is 13.6. The van der Waals surface area contributed by atoms with E-state index >= 15 is 0 Å². The minimum absolute atomic E-state index is 0.114. The van der Waals surface area contributed by atoms with E-state index in [2.05, 4.69) is 5.32 Å². The van der Waals surface area contributed by atoms with Crippen molar-refractivity contribution in [2.75, 3.05) is 24.2 Å². The number of benzene rings is 2. The number of aryl methyl sites for hydroxylation is 1. The van der Waals surface area contributed by atoms with Crippen molar-refractivity contribution in [1.82, 2.24) is 10.2 Å². The number of sulfonamides is 1. The molecule has 0 aromatic heterocycles. The van der Waals surface area contributed by atoms with Gasteiger partial charge in [0.1, 0.15) is 11.8 Å². The standard InChI is InChI=1S/C29H41N3O5S/c1-22-12-8-9-13-24(22)21-31(23(2)29(34)30-25-14-6-5-7-15-25)28(33)18-11-19-32(38(4,35)36)26-16-10-17-27(20-26)37-3/h8-10,12-13,16-17,20,23,25H,5-7,11,14-15,18-19,21H2,1-4H3,(H,30,34). The van der Waals surface area contributed by atoms with Gasteiger partial charge in [0.15, 0.2) is 0 Å². The number of anilines is 1. The third-order valence-corrected chi connectivity index (χ3v) is 8.41. The fourth-order valence-electron chi connectivity index (χ4n) is 4.89. The van der Waals surface area contributed by atoms with Crippen LogP contribution >= 0.6 is 0 Å². The van der Waals surface area contributed by atoms with Crippen LogP contribution in [0.15, 0.2) is 48.5 Å². The lowest BCUT2D eigenvalue weighted by Crippen LogP contribution is -2.50. The van der Waals surface area contributed by atoms with Gasteiger partial charge in [-0.25, -0.2) is 8.42 Å². The Morgan fingerprint density at radius 2 is 1.79 bits per heavy atom. The first-order chi connectivity index (χ1) is 18.1. The first kappa shape index (κ1) is 29.5. The molecule has 0 bridgehead atoms. The van der Waals surface area contributed by atoms with Gasteiger partial charge in [-0.2, -0.15) is 0 Å². The molecule has 9 heteroatoms. The lowest BCUT2D eigenvalue weighted by atomic mass is 9.95. The Hall–Kier alpha value is -3.07. The van der Waals surface area contributed by atoms with Gasteiger partial charge in [0, 0.05) is 31.6 Å². The summed E-state index contributed by atoms with van der Waals surface area (Å²) in [5.74, 6) is 0.223. The molecule has 1 fully saturated rings. The van der Waals surface area contributed by atoms with Crippen LogP contribution in [0.2, 0.25) is 0 Å². The van der Waals surface area contributed by atoms with Crippen LogP contribution in [0, 0.1) is 6.92 Å². The quantitative estimate of drug-likeness (QED) is 0.428. The van der Waals surface area contributed by atoms with Crippen molar-refractivity contribution in [3.8, 4) is 5.75 Å². The molecule has 1 aliphatic rings. The molecule has 0 heterocycles. The van der Waals surface area contributed by atoms with E-state index in [9.17, 15) is 18.0 Å². The van der Waals surface area contributed by atoms with Gasteiger partial charge in [0.05, 0.1) is 19.1 Å². The summed E-state index contributed by atoms with van der Waals surface area (Å²) in [6.07, 6.45) is 6.92. The molecule has 1 unspecified atom stereocenters. The summed E-state index contributed by atoms with van der Waals surface area (Å²) in [5.41, 5.74) is 2.51. The second-order valence-electron chi connectivity index (χ2n) is 10.1. The zero-order valence-corrected chi connectivity index (χ0v) is 23.8. The number of rotatable bonds is 12. The molecule has 3 rings (SSSR count). The van der Waals surface area contributed by atoms with Crippen molar-refractivity contribution in [2.24, 2.45) is 0 Å². The molecule has 0 spiro atoms. The normalized spacial score (nSPS) is 14.9. The van der Waals surface area contributed by atoms with Crippen molar-refractivity contribution in [3.05, 3.63) is 59.7 Å². The van der Waals surface area contributed by atoms with E-state index in [0.717, 1.165) is 43.1 Å². The third-order valence-electron chi connectivity index (χ3n) is 7.21. The highest BCUT2D eigenvalue weighted by atomic mass is 32.2. The summed E-state index contributed by atoms with van der Waals surface area (Å²) in [5, 5.41) is 3.15. The molecule has 208 valence electrons. The van der Waals surface area contributed by atoms with Gasteiger partial charge < -0.3 is 15.0 Å². The predicted molar refractivity (Wildman–Crippen MR) is 151 cm³/mol. The fraction of sp³-hybridized carbons (Fsp3) is 0.517. The lowest BCUT2D eigenvalue weighted by Gasteiger charge is -2.32. The van der Waals surface area contributed by atoms with Gasteiger partial charge in [0.2, 0.25) is 21.8 Å². The maximum Gasteiger partial charge on any atom is 0.242 e. The highest BCUT2D eigenvalue weighted by molar-refractivity contribution is 7.92. The van der Waals surface area contributed by atoms with Gasteiger partial charge in [-0.15, -0.1) is 0 Å². The maximum atomic E-state index is 13.5. The van der Waals surface area contributed by atoms with E-state index in [1.165, 1.54) is 17.8 Å². The minimum Gasteiger partial charge on any atom is -0.497 e. The number of nitrogens with one attached hydrogen (secondary N) is 1. The van der Waals surface area contributed by atoms with Gasteiger partial charge in [0.25, 0.3) is 0 Å². The van der Waals surface area contributed by atoms with Crippen LogP contribution in [0.4, 0.5) is 5.69 Å². The van der Waals surface area contributed by atoms with Crippen molar-refractivity contribution in [1.29, 1.82) is 0 Å². The van der Waals surface area contributed by atoms with Crippen LogP contribution < -0.4 is 14.4 Å². The Balaban J connectivity index is 1.73. The fourth-order valence-corrected chi connectivity index (χ4v) is 5.85. The van der Waals surface area contributed by atoms with Crippen molar-refractivity contribution in [3.63, 3.8) is 0 Å². The van der Waals surface area contributed by atoms with Crippen LogP contribution in [-0.4, -0.2) is 57.1 Å². The third kappa shape index (κ3) is 8.21. The number of hydrogen-bond acceptors (Lipinski definition) is 5. The molecule has 1 saturated carbocycles. The van der Waals surface area contributed by atoms with Crippen LogP contribution in [-0.2, 0) is 26.2 Å². The number of nitrogens with zero attached hydrogens (tertiary/aromatic N) is 2. The molecular weight excluding hydrogens is 502 g/mol. The Labute approximate surface area is 227 Å². The average Bonchev–Trinajstić information content (AvgIpc) is 2.90. The first-order valence-electron chi connectivity index (χ1n) is 13.4. The summed E-state index contributed by atoms with van der Waals surface area (Å²) in [7, 11) is -2.05. The number of methoxy groups -OCH3 is 1. The van der Waals surface area contributed by atoms with Crippen molar-refractivity contribution >= 4 is 27.5 Å². The van der Waals surface area contributed by atoms with Gasteiger partial charge in [-0.05, 0) is 56.4 Å². The number of hydrogen-bond donors (Lipinski definition) is 1. The monoisotopic (exact) mass is 543 g/mol. The largest absolute Gasteiger partial charge is 0.497 e. The molecule has 2 aromatic rings. The van der Waals surface area contributed by atoms with Gasteiger partial charge in [-0.1, -0.05) is 49.6 Å². The molecular formula is C29H41N3O5S. The number of carbonyl (C=O) groups is 2. The molecule has 38 heavy (non-hydrogen) atoms. The smallest absolute Gasteiger partial charge is 0.242 e. The number of ether oxygens (including phenoxy) is 1. The Bertz CT molecular complexity index is 1190. The van der Waals surface area contributed by atoms with E-state index in [-0.39, 0.29) is 30.8 Å². The van der Waals surface area contributed by atoms with E-state index in [1.807, 2.05) is 31.2 Å². The van der Waals surface area contributed by atoms with E-state index in [4.69, 9.17) is 4.74 Å². The Kier molecular flexibility index (Phi) is 10.6. The molecule has 2 amide bonds. The molecule has 1 N–H and O–H groups in total. The number of amides is 2. The van der Waals surface area contributed by atoms with E-state index < -0.39 is 16.1 Å². The molecule has 0 saturated heterocycles. The van der Waals surface area contributed by atoms with Gasteiger partial charge >= 0.3 is 0 Å². The SMILES string of the molecule is COc1cccc(N(CCCC(=O)N(Cc2ccccc2C)C(C)C(=O)NC2CCCCC2)S(C)(=O)=O)c1. The molecule has 0 aliphatic heterocycles. The molecule has 8 nitrogen and oxygen atoms in total. The number of carbonyl (C=O) groups excluding carboxylic acids is 2. The highest BCUT2D eigenvalue weighted by Crippen LogP contribution is 2.24. The first-order valence-corrected chi connectivity index (χ1v) is 15.2. The van der Waals surface area contributed by atoms with E-state index in [0.29, 0.717) is 24.4 Å². The summed E-state index contributed by atoms with van der Waals surface area (Å²) in [4.78, 5) is 28.3. The van der Waals surface area contributed by atoms with Gasteiger partial charge in [-0.3, -0.25) is 13.9 Å². The molecule has 2 aromatic carbocycles. The molecule has 0 radical (unpaired) electrons. The van der Waals surface area contributed by atoms with Crippen LogP contribution in [0.25, 0.3) is 0 Å². The topological polar surface area (TPSA) is 96.0 Å².